The first-order valence-corrected chi connectivity index (χ1v) is 12.7. The number of aromatic nitrogens is 7. The average molecular weight is 518 g/mol. The predicted octanol–water partition coefficient (Wildman–Crippen LogP) is 3.93. The Labute approximate surface area is 219 Å². The second kappa shape index (κ2) is 9.17. The minimum Gasteiger partial charge on any atom is -0.495 e. The fraction of sp³-hybridized carbons (Fsp3) is 0.444. The molecule has 1 N–H and O–H groups in total. The average Bonchev–Trinajstić information content (AvgIpc) is 3.58. The monoisotopic (exact) mass is 517 g/mol. The Morgan fingerprint density at radius 2 is 1.95 bits per heavy atom. The fourth-order valence-electron chi connectivity index (χ4n) is 5.58. The van der Waals surface area contributed by atoms with Crippen LogP contribution in [0.3, 0.4) is 0 Å². The lowest BCUT2D eigenvalue weighted by molar-refractivity contribution is 0.0542. The van der Waals surface area contributed by atoms with E-state index in [-0.39, 0.29) is 12.0 Å². The number of hydrogen-bond donors (Lipinski definition) is 1. The SMILES string of the molecule is COc1ccc(C(C2CCOCC2)n2c3cc(-c4c(C)nnn4C)cnc3c3onc(C(C)(C)O)c32)nc1. The number of rotatable bonds is 6. The van der Waals surface area contributed by atoms with Crippen molar-refractivity contribution < 1.29 is 19.1 Å². The number of ether oxygens (including phenoxy) is 2. The molecular formula is C27H31N7O4. The fourth-order valence-corrected chi connectivity index (χ4v) is 5.58. The van der Waals surface area contributed by atoms with Gasteiger partial charge in [-0.3, -0.25) is 4.98 Å². The summed E-state index contributed by atoms with van der Waals surface area (Å²) in [6, 6.07) is 5.83. The molecule has 0 radical (unpaired) electrons. The van der Waals surface area contributed by atoms with E-state index in [0.29, 0.717) is 41.3 Å². The molecule has 0 saturated carbocycles. The van der Waals surface area contributed by atoms with Crippen LogP contribution in [-0.2, 0) is 17.4 Å². The van der Waals surface area contributed by atoms with Crippen LogP contribution < -0.4 is 4.74 Å². The van der Waals surface area contributed by atoms with Crippen molar-refractivity contribution in [1.82, 2.24) is 34.7 Å². The van der Waals surface area contributed by atoms with E-state index >= 15 is 0 Å². The molecule has 6 rings (SSSR count). The van der Waals surface area contributed by atoms with Gasteiger partial charge in [-0.1, -0.05) is 10.4 Å². The van der Waals surface area contributed by atoms with Crippen LogP contribution in [0.25, 0.3) is 33.4 Å². The largest absolute Gasteiger partial charge is 0.495 e. The molecule has 11 nitrogen and oxygen atoms in total. The van der Waals surface area contributed by atoms with Gasteiger partial charge >= 0.3 is 0 Å². The van der Waals surface area contributed by atoms with E-state index in [2.05, 4.69) is 26.1 Å². The van der Waals surface area contributed by atoms with E-state index in [1.165, 1.54) is 0 Å². The lowest BCUT2D eigenvalue weighted by Gasteiger charge is -2.32. The van der Waals surface area contributed by atoms with Gasteiger partial charge in [-0.2, -0.15) is 0 Å². The molecule has 5 aromatic heterocycles. The van der Waals surface area contributed by atoms with Gasteiger partial charge in [-0.25, -0.2) is 9.67 Å². The van der Waals surface area contributed by atoms with Crippen molar-refractivity contribution in [2.75, 3.05) is 20.3 Å². The summed E-state index contributed by atoms with van der Waals surface area (Å²) in [4.78, 5) is 9.67. The third-order valence-corrected chi connectivity index (χ3v) is 7.39. The van der Waals surface area contributed by atoms with E-state index in [1.54, 1.807) is 38.0 Å². The quantitative estimate of drug-likeness (QED) is 0.356. The van der Waals surface area contributed by atoms with Gasteiger partial charge in [0.15, 0.2) is 0 Å². The highest BCUT2D eigenvalue weighted by atomic mass is 16.5. The van der Waals surface area contributed by atoms with Crippen molar-refractivity contribution in [2.45, 2.75) is 45.3 Å². The Morgan fingerprint density at radius 3 is 2.58 bits per heavy atom. The molecular weight excluding hydrogens is 486 g/mol. The molecule has 5 aromatic rings. The summed E-state index contributed by atoms with van der Waals surface area (Å²) in [5, 5.41) is 23.8. The first kappa shape index (κ1) is 24.5. The Morgan fingerprint density at radius 1 is 1.16 bits per heavy atom. The van der Waals surface area contributed by atoms with Gasteiger partial charge in [0.05, 0.1) is 41.9 Å². The summed E-state index contributed by atoms with van der Waals surface area (Å²) in [6.45, 7) is 6.70. The summed E-state index contributed by atoms with van der Waals surface area (Å²) >= 11 is 0. The van der Waals surface area contributed by atoms with Crippen LogP contribution in [-0.4, -0.2) is 60.1 Å². The van der Waals surface area contributed by atoms with Crippen molar-refractivity contribution in [2.24, 2.45) is 13.0 Å². The van der Waals surface area contributed by atoms with E-state index in [9.17, 15) is 5.11 Å². The summed E-state index contributed by atoms with van der Waals surface area (Å²) in [5.74, 6) is 0.907. The molecule has 1 aliphatic heterocycles. The molecule has 198 valence electrons. The highest BCUT2D eigenvalue weighted by Gasteiger charge is 2.36. The number of methoxy groups -OCH3 is 1. The van der Waals surface area contributed by atoms with E-state index in [1.807, 2.05) is 26.1 Å². The molecule has 0 aliphatic carbocycles. The highest BCUT2D eigenvalue weighted by Crippen LogP contribution is 2.43. The minimum absolute atomic E-state index is 0.187. The number of pyridine rings is 2. The first-order valence-electron chi connectivity index (χ1n) is 12.7. The normalized spacial score (nSPS) is 15.9. The van der Waals surface area contributed by atoms with Gasteiger partial charge in [0, 0.05) is 32.0 Å². The first-order chi connectivity index (χ1) is 18.3. The minimum atomic E-state index is -1.24. The van der Waals surface area contributed by atoms with Gasteiger partial charge in [0.2, 0.25) is 5.58 Å². The van der Waals surface area contributed by atoms with Crippen molar-refractivity contribution >= 4 is 22.1 Å². The number of hydrogen-bond acceptors (Lipinski definition) is 9. The maximum Gasteiger partial charge on any atom is 0.211 e. The third-order valence-electron chi connectivity index (χ3n) is 7.39. The summed E-state index contributed by atoms with van der Waals surface area (Å²) in [5.41, 5.74) is 5.45. The molecule has 1 aliphatic rings. The number of fused-ring (bicyclic) bond motifs is 3. The second-order valence-electron chi connectivity index (χ2n) is 10.4. The van der Waals surface area contributed by atoms with Crippen molar-refractivity contribution in [3.8, 4) is 17.0 Å². The molecule has 11 heteroatoms. The lowest BCUT2D eigenvalue weighted by Crippen LogP contribution is -2.28. The molecule has 6 heterocycles. The summed E-state index contributed by atoms with van der Waals surface area (Å²) in [6.07, 6.45) is 5.27. The van der Waals surface area contributed by atoms with Crippen LogP contribution in [0.2, 0.25) is 0 Å². The van der Waals surface area contributed by atoms with Crippen LogP contribution in [0.4, 0.5) is 0 Å². The molecule has 38 heavy (non-hydrogen) atoms. The van der Waals surface area contributed by atoms with Crippen molar-refractivity contribution in [1.29, 1.82) is 0 Å². The molecule has 0 aromatic carbocycles. The zero-order chi connectivity index (χ0) is 26.6. The lowest BCUT2D eigenvalue weighted by atomic mass is 9.88. The van der Waals surface area contributed by atoms with Crippen LogP contribution in [0, 0.1) is 12.8 Å². The summed E-state index contributed by atoms with van der Waals surface area (Å²) < 4.78 is 20.9. The summed E-state index contributed by atoms with van der Waals surface area (Å²) in [7, 11) is 3.50. The van der Waals surface area contributed by atoms with Gasteiger partial charge < -0.3 is 23.7 Å². The molecule has 1 unspecified atom stereocenters. The molecule has 0 bridgehead atoms. The van der Waals surface area contributed by atoms with Crippen LogP contribution in [0.1, 0.15) is 49.8 Å². The highest BCUT2D eigenvalue weighted by molar-refractivity contribution is 6.04. The van der Waals surface area contributed by atoms with Crippen LogP contribution in [0.5, 0.6) is 5.75 Å². The Kier molecular flexibility index (Phi) is 5.92. The van der Waals surface area contributed by atoms with Gasteiger partial charge in [-0.05, 0) is 57.7 Å². The van der Waals surface area contributed by atoms with Gasteiger partial charge in [0.25, 0.3) is 0 Å². The molecule has 1 fully saturated rings. The second-order valence-corrected chi connectivity index (χ2v) is 10.4. The zero-order valence-electron chi connectivity index (χ0n) is 22.2. The van der Waals surface area contributed by atoms with Gasteiger partial charge in [0.1, 0.15) is 28.1 Å². The maximum absolute atomic E-state index is 11.1. The van der Waals surface area contributed by atoms with Crippen molar-refractivity contribution in [3.05, 3.63) is 47.7 Å². The molecule has 1 atom stereocenters. The van der Waals surface area contributed by atoms with E-state index in [0.717, 1.165) is 41.0 Å². The maximum atomic E-state index is 11.1. The number of aliphatic hydroxyl groups is 1. The smallest absolute Gasteiger partial charge is 0.211 e. The number of aryl methyl sites for hydroxylation is 2. The predicted molar refractivity (Wildman–Crippen MR) is 140 cm³/mol. The van der Waals surface area contributed by atoms with Crippen LogP contribution in [0.15, 0.2) is 35.1 Å². The molecule has 0 spiro atoms. The number of nitrogens with zero attached hydrogens (tertiary/aromatic N) is 7. The molecule has 1 saturated heterocycles. The topological polar surface area (TPSA) is 126 Å². The zero-order valence-corrected chi connectivity index (χ0v) is 22.2. The van der Waals surface area contributed by atoms with E-state index < -0.39 is 5.60 Å². The Bertz CT molecular complexity index is 1590. The standard InChI is InChI=1S/C27H31N7O4/c1-15-22(33(4)32-30-15)17-12-20-21(29-13-17)25-24(26(31-38-25)27(2,3)35)34(20)23(16-8-10-37-11-9-16)19-7-6-18(36-5)14-28-19/h6-7,12-14,16,23,35H,8-11H2,1-5H3. The van der Waals surface area contributed by atoms with Crippen LogP contribution >= 0.6 is 0 Å². The van der Waals surface area contributed by atoms with Gasteiger partial charge in [-0.15, -0.1) is 5.10 Å². The Hall–Kier alpha value is -3.83. The third kappa shape index (κ3) is 3.93. The van der Waals surface area contributed by atoms with Crippen molar-refractivity contribution in [3.63, 3.8) is 0 Å². The molecule has 0 amide bonds. The Balaban J connectivity index is 1.68. The van der Waals surface area contributed by atoms with E-state index in [4.69, 9.17) is 24.0 Å².